The molecule has 0 saturated carbocycles. The summed E-state index contributed by atoms with van der Waals surface area (Å²) >= 11 is 0. The smallest absolute Gasteiger partial charge is 0 e. The average molecular weight is 122 g/mol. The van der Waals surface area contributed by atoms with Crippen LogP contribution in [-0.4, -0.2) is 10.5 Å². The first-order valence-electron chi connectivity index (χ1n) is 0.365. The van der Waals surface area contributed by atoms with Crippen molar-refractivity contribution in [2.45, 2.75) is 0 Å². The largest absolute Gasteiger partial charge is 0.693 e. The van der Waals surface area contributed by atoms with Crippen LogP contribution in [0.25, 0.3) is 6.15 Å². The van der Waals surface area contributed by atoms with Crippen LogP contribution < -0.4 is 0 Å². The van der Waals surface area contributed by atoms with E-state index < -0.39 is 0 Å². The molecule has 4 N–H and O–H groups in total. The number of nitrogens with two attached hydrogens (primary N) is 1. The topological polar surface area (TPSA) is 83.2 Å². The number of hydrogen-bond acceptors (Lipinski definition) is 3. The minimum atomic E-state index is 0. The van der Waals surface area contributed by atoms with Gasteiger partial charge in [-0.2, -0.15) is 0 Å². The average Bonchev–Trinajstić information content (AvgIpc) is 0.918. The Morgan fingerprint density at radius 2 is 1.20 bits per heavy atom. The Labute approximate surface area is 39.7 Å². The van der Waals surface area contributed by atoms with Gasteiger partial charge in [0.15, 0.2) is 0 Å². The van der Waals surface area contributed by atoms with Crippen LogP contribution in [0.2, 0.25) is 0 Å². The van der Waals surface area contributed by atoms with E-state index in [1.165, 1.54) is 0 Å². The van der Waals surface area contributed by atoms with E-state index in [2.05, 4.69) is 5.04 Å². The maximum absolute atomic E-state index is 6.62. The van der Waals surface area contributed by atoms with E-state index in [4.69, 9.17) is 10.5 Å². The van der Waals surface area contributed by atoms with Crippen LogP contribution in [0, 0.1) is 0 Å². The van der Waals surface area contributed by atoms with Crippen molar-refractivity contribution in [2.24, 2.45) is 0 Å². The fraction of sp³-hybridized carbons (Fsp3) is 0. The summed E-state index contributed by atoms with van der Waals surface area (Å²) in [5, 5.41) is 15.5. The summed E-state index contributed by atoms with van der Waals surface area (Å²) in [7, 11) is 0. The number of hydrogen-bond donors (Lipinski definition) is 2. The van der Waals surface area contributed by atoms with Gasteiger partial charge in [-0.05, 0) is 0 Å². The van der Waals surface area contributed by atoms with Crippen molar-refractivity contribution in [1.29, 1.82) is 0 Å². The minimum absolute atomic E-state index is 0. The van der Waals surface area contributed by atoms with E-state index in [1.807, 2.05) is 0 Å². The van der Waals surface area contributed by atoms with Gasteiger partial charge in [0.2, 0.25) is 0 Å². The monoisotopic (exact) mass is 122 g/mol. The van der Waals surface area contributed by atoms with E-state index in [0.29, 0.717) is 0 Å². The standard InChI is InChI=1S/Fe.H2N.H2O3/c;;1-3-2/h;1H2;1-2H/q;-1;. The molecule has 0 atom stereocenters. The molecule has 0 unspecified atom stereocenters. The molecule has 5 heteroatoms. The second-order valence-electron chi connectivity index (χ2n) is 0.0816. The molecule has 0 bridgehead atoms. The van der Waals surface area contributed by atoms with Gasteiger partial charge in [0, 0.05) is 17.1 Å². The summed E-state index contributed by atoms with van der Waals surface area (Å²) in [6, 6.07) is 0. The van der Waals surface area contributed by atoms with Crippen LogP contribution in [0.1, 0.15) is 0 Å². The summed E-state index contributed by atoms with van der Waals surface area (Å²) in [4.78, 5) is 0. The summed E-state index contributed by atoms with van der Waals surface area (Å²) in [5.74, 6) is 0. The van der Waals surface area contributed by atoms with E-state index >= 15 is 0 Å². The van der Waals surface area contributed by atoms with E-state index in [9.17, 15) is 0 Å². The molecule has 0 aliphatic heterocycles. The van der Waals surface area contributed by atoms with Crippen molar-refractivity contribution in [3.8, 4) is 0 Å². The van der Waals surface area contributed by atoms with Gasteiger partial charge in [0.25, 0.3) is 0 Å². The van der Waals surface area contributed by atoms with E-state index in [0.717, 1.165) is 0 Å². The molecule has 0 amide bonds. The Balaban J connectivity index is -0.0000000200. The summed E-state index contributed by atoms with van der Waals surface area (Å²) in [6.07, 6.45) is 0. The molecule has 0 radical (unpaired) electrons. The van der Waals surface area contributed by atoms with Crippen LogP contribution in [0.5, 0.6) is 0 Å². The van der Waals surface area contributed by atoms with Gasteiger partial charge >= 0.3 is 0 Å². The first kappa shape index (κ1) is 18.3. The molecule has 0 aliphatic carbocycles. The van der Waals surface area contributed by atoms with Crippen LogP contribution in [0.3, 0.4) is 0 Å². The molecule has 0 aliphatic rings. The molecule has 0 aromatic rings. The van der Waals surface area contributed by atoms with E-state index in [1.54, 1.807) is 0 Å². The van der Waals surface area contributed by atoms with Crippen molar-refractivity contribution in [3.05, 3.63) is 6.15 Å². The minimum Gasteiger partial charge on any atom is -0.693 e. The van der Waals surface area contributed by atoms with Gasteiger partial charge in [-0.15, -0.1) is 0 Å². The molecule has 0 spiro atoms. The molecule has 0 aromatic heterocycles. The molecule has 0 heterocycles. The Bertz CT molecular complexity index is 6.85. The molecule has 0 rings (SSSR count). The normalized spacial score (nSPS) is 3.60. The summed E-state index contributed by atoms with van der Waals surface area (Å²) in [5.41, 5.74) is 0. The SMILES string of the molecule is OOO.[Fe].[NH2-]. The predicted molar refractivity (Wildman–Crippen MR) is 11.6 cm³/mol. The molecule has 0 aromatic carbocycles. The molecule has 0 fully saturated rings. The zero-order valence-electron chi connectivity index (χ0n) is 2.23. The molecule has 0 saturated heterocycles. The summed E-state index contributed by atoms with van der Waals surface area (Å²) < 4.78 is 0. The van der Waals surface area contributed by atoms with Gasteiger partial charge in [0.05, 0.1) is 0 Å². The quantitative estimate of drug-likeness (QED) is 0.281. The van der Waals surface area contributed by atoms with Gasteiger partial charge in [-0.3, -0.25) is 0 Å². The number of rotatable bonds is 0. The molecule has 36 valence electrons. The predicted octanol–water partition coefficient (Wildman–Crippen LogP) is 0.664. The van der Waals surface area contributed by atoms with Gasteiger partial charge < -0.3 is 6.15 Å². The maximum Gasteiger partial charge on any atom is 0 e. The van der Waals surface area contributed by atoms with E-state index in [-0.39, 0.29) is 23.2 Å². The van der Waals surface area contributed by atoms with Crippen molar-refractivity contribution in [1.82, 2.24) is 0 Å². The second-order valence-corrected chi connectivity index (χ2v) is 0.0816. The van der Waals surface area contributed by atoms with Crippen LogP contribution in [0.4, 0.5) is 0 Å². The van der Waals surface area contributed by atoms with Gasteiger partial charge in [-0.1, -0.05) is 5.04 Å². The first-order chi connectivity index (χ1) is 1.41. The second kappa shape index (κ2) is 26.6. The van der Waals surface area contributed by atoms with Crippen LogP contribution >= 0.6 is 0 Å². The van der Waals surface area contributed by atoms with Crippen molar-refractivity contribution in [3.63, 3.8) is 0 Å². The third kappa shape index (κ3) is 188. The maximum atomic E-state index is 6.62. The van der Waals surface area contributed by atoms with Crippen molar-refractivity contribution in [2.75, 3.05) is 0 Å². The summed E-state index contributed by atoms with van der Waals surface area (Å²) in [6.45, 7) is 0. The molecular formula is H4FeNO3-. The Hall–Kier alpha value is 0.359. The van der Waals surface area contributed by atoms with Gasteiger partial charge in [-0.25, -0.2) is 10.5 Å². The molecule has 4 nitrogen and oxygen atoms in total. The zero-order valence-corrected chi connectivity index (χ0v) is 3.34. The third-order valence-corrected chi connectivity index (χ3v) is 0. The fourth-order valence-electron chi connectivity index (χ4n) is 0. The Morgan fingerprint density at radius 3 is 1.20 bits per heavy atom. The molecular weight excluding hydrogens is 118 g/mol. The fourth-order valence-corrected chi connectivity index (χ4v) is 0. The van der Waals surface area contributed by atoms with Crippen LogP contribution in [-0.2, 0) is 22.1 Å². The van der Waals surface area contributed by atoms with Gasteiger partial charge in [0.1, 0.15) is 0 Å². The van der Waals surface area contributed by atoms with Crippen molar-refractivity contribution < 1.29 is 32.6 Å². The first-order valence-corrected chi connectivity index (χ1v) is 0.365. The van der Waals surface area contributed by atoms with Crippen molar-refractivity contribution >= 4 is 0 Å². The Morgan fingerprint density at radius 1 is 1.20 bits per heavy atom. The Kier molecular flexibility index (Phi) is 97.4. The molecule has 5 heavy (non-hydrogen) atoms. The van der Waals surface area contributed by atoms with Crippen LogP contribution in [0.15, 0.2) is 0 Å². The third-order valence-electron chi connectivity index (χ3n) is 0. The zero-order chi connectivity index (χ0) is 2.71.